The lowest BCUT2D eigenvalue weighted by molar-refractivity contribution is -0.133. The standard InChI is InChI=1S/C10H10ClN3O2S2/c11-8-2-1-7(18-8)3-4-14-6-12-13-10(14)17-5-9(15)16/h1-2,6H,3-5H2,(H,15,16). The molecule has 0 aliphatic carbocycles. The molecule has 0 unspecified atom stereocenters. The third-order valence-corrected chi connectivity index (χ3v) is 4.39. The minimum atomic E-state index is -0.861. The van der Waals surface area contributed by atoms with Gasteiger partial charge in [-0.2, -0.15) is 0 Å². The maximum atomic E-state index is 10.5. The molecule has 8 heteroatoms. The number of aryl methyl sites for hydroxylation is 2. The zero-order valence-corrected chi connectivity index (χ0v) is 11.6. The van der Waals surface area contributed by atoms with Crippen molar-refractivity contribution in [2.75, 3.05) is 5.75 Å². The molecule has 96 valence electrons. The summed E-state index contributed by atoms with van der Waals surface area (Å²) in [5.41, 5.74) is 0. The zero-order valence-electron chi connectivity index (χ0n) is 9.24. The fourth-order valence-corrected chi connectivity index (χ4v) is 3.09. The van der Waals surface area contributed by atoms with Crippen LogP contribution in [0, 0.1) is 0 Å². The summed E-state index contributed by atoms with van der Waals surface area (Å²) >= 11 is 8.57. The third kappa shape index (κ3) is 3.72. The van der Waals surface area contributed by atoms with Gasteiger partial charge in [0.15, 0.2) is 5.16 Å². The molecule has 0 radical (unpaired) electrons. The number of rotatable bonds is 6. The second kappa shape index (κ2) is 6.21. The van der Waals surface area contributed by atoms with Crippen molar-refractivity contribution in [3.63, 3.8) is 0 Å². The summed E-state index contributed by atoms with van der Waals surface area (Å²) in [6.45, 7) is 0.714. The lowest BCUT2D eigenvalue weighted by Gasteiger charge is -2.03. The average molecular weight is 304 g/mol. The second-order valence-corrected chi connectivity index (χ2v) is 6.19. The summed E-state index contributed by atoms with van der Waals surface area (Å²) in [7, 11) is 0. The first-order chi connectivity index (χ1) is 8.65. The van der Waals surface area contributed by atoms with Crippen molar-refractivity contribution in [2.24, 2.45) is 0 Å². The lowest BCUT2D eigenvalue weighted by atomic mass is 10.3. The Labute approximate surface area is 117 Å². The molecule has 18 heavy (non-hydrogen) atoms. The summed E-state index contributed by atoms with van der Waals surface area (Å²) < 4.78 is 2.62. The Hall–Kier alpha value is -1.05. The molecule has 0 spiro atoms. The molecule has 0 saturated heterocycles. The van der Waals surface area contributed by atoms with Crippen molar-refractivity contribution < 1.29 is 9.90 Å². The number of carboxylic acid groups (broad SMARTS) is 1. The maximum absolute atomic E-state index is 10.5. The number of hydrogen-bond acceptors (Lipinski definition) is 5. The maximum Gasteiger partial charge on any atom is 0.313 e. The van der Waals surface area contributed by atoms with Crippen LogP contribution in [-0.2, 0) is 17.8 Å². The topological polar surface area (TPSA) is 68.0 Å². The first-order valence-electron chi connectivity index (χ1n) is 5.12. The Balaban J connectivity index is 1.93. The highest BCUT2D eigenvalue weighted by molar-refractivity contribution is 7.99. The van der Waals surface area contributed by atoms with Gasteiger partial charge in [-0.05, 0) is 18.6 Å². The smallest absolute Gasteiger partial charge is 0.313 e. The number of aromatic nitrogens is 3. The van der Waals surface area contributed by atoms with Crippen LogP contribution in [0.3, 0.4) is 0 Å². The molecular formula is C10H10ClN3O2S2. The Morgan fingerprint density at radius 3 is 3.06 bits per heavy atom. The van der Waals surface area contributed by atoms with Crippen LogP contribution in [0.1, 0.15) is 4.88 Å². The monoisotopic (exact) mass is 303 g/mol. The highest BCUT2D eigenvalue weighted by Gasteiger charge is 2.08. The van der Waals surface area contributed by atoms with Crippen molar-refractivity contribution in [1.82, 2.24) is 14.8 Å². The van der Waals surface area contributed by atoms with Gasteiger partial charge in [-0.3, -0.25) is 4.79 Å². The summed E-state index contributed by atoms with van der Waals surface area (Å²) in [5, 5.41) is 16.9. The number of hydrogen-bond donors (Lipinski definition) is 1. The number of carboxylic acids is 1. The molecular weight excluding hydrogens is 294 g/mol. The molecule has 0 bridgehead atoms. The van der Waals surface area contributed by atoms with Gasteiger partial charge in [0.05, 0.1) is 10.1 Å². The fraction of sp³-hybridized carbons (Fsp3) is 0.300. The molecule has 0 atom stereocenters. The zero-order chi connectivity index (χ0) is 13.0. The predicted octanol–water partition coefficient (Wildman–Crippen LogP) is 2.41. The SMILES string of the molecule is O=C(O)CSc1nncn1CCc1ccc(Cl)s1. The van der Waals surface area contributed by atoms with Gasteiger partial charge in [0, 0.05) is 11.4 Å². The van der Waals surface area contributed by atoms with Crippen LogP contribution in [0.15, 0.2) is 23.6 Å². The van der Waals surface area contributed by atoms with Crippen LogP contribution in [0.5, 0.6) is 0 Å². The Morgan fingerprint density at radius 2 is 2.39 bits per heavy atom. The van der Waals surface area contributed by atoms with Crippen LogP contribution >= 0.6 is 34.7 Å². The highest BCUT2D eigenvalue weighted by atomic mass is 35.5. The molecule has 0 aliphatic rings. The molecule has 2 heterocycles. The predicted molar refractivity (Wildman–Crippen MR) is 71.4 cm³/mol. The van der Waals surface area contributed by atoms with E-state index in [9.17, 15) is 4.79 Å². The van der Waals surface area contributed by atoms with E-state index >= 15 is 0 Å². The number of thioether (sulfide) groups is 1. The molecule has 2 aromatic heterocycles. The largest absolute Gasteiger partial charge is 0.481 e. The van der Waals surface area contributed by atoms with Crippen LogP contribution in [0.4, 0.5) is 0 Å². The van der Waals surface area contributed by atoms with Crippen molar-refractivity contribution >= 4 is 40.7 Å². The van der Waals surface area contributed by atoms with E-state index in [1.807, 2.05) is 16.7 Å². The lowest BCUT2D eigenvalue weighted by Crippen LogP contribution is -2.04. The first-order valence-corrected chi connectivity index (χ1v) is 7.30. The first kappa shape index (κ1) is 13.4. The van der Waals surface area contributed by atoms with Crippen LogP contribution in [0.25, 0.3) is 0 Å². The van der Waals surface area contributed by atoms with E-state index in [2.05, 4.69) is 10.2 Å². The second-order valence-electron chi connectivity index (χ2n) is 3.45. The van der Waals surface area contributed by atoms with E-state index in [0.717, 1.165) is 10.8 Å². The van der Waals surface area contributed by atoms with Gasteiger partial charge in [0.2, 0.25) is 0 Å². The molecule has 2 rings (SSSR count). The summed E-state index contributed by atoms with van der Waals surface area (Å²) in [5.74, 6) is -0.872. The molecule has 0 amide bonds. The minimum Gasteiger partial charge on any atom is -0.481 e. The van der Waals surface area contributed by atoms with Gasteiger partial charge >= 0.3 is 5.97 Å². The normalized spacial score (nSPS) is 10.7. The average Bonchev–Trinajstić information content (AvgIpc) is 2.92. The number of aliphatic carboxylic acids is 1. The molecule has 0 aliphatic heterocycles. The molecule has 1 N–H and O–H groups in total. The molecule has 0 aromatic carbocycles. The summed E-state index contributed by atoms with van der Waals surface area (Å²) in [6.07, 6.45) is 2.44. The fourth-order valence-electron chi connectivity index (χ4n) is 1.35. The van der Waals surface area contributed by atoms with Gasteiger partial charge in [-0.1, -0.05) is 23.4 Å². The molecule has 5 nitrogen and oxygen atoms in total. The quantitative estimate of drug-likeness (QED) is 0.830. The van der Waals surface area contributed by atoms with Gasteiger partial charge in [-0.15, -0.1) is 21.5 Å². The van der Waals surface area contributed by atoms with E-state index in [1.165, 1.54) is 16.6 Å². The van der Waals surface area contributed by atoms with Crippen LogP contribution < -0.4 is 0 Å². The van der Waals surface area contributed by atoms with E-state index in [1.54, 1.807) is 17.7 Å². The number of halogens is 1. The van der Waals surface area contributed by atoms with Crippen LogP contribution in [-0.4, -0.2) is 31.6 Å². The summed E-state index contributed by atoms with van der Waals surface area (Å²) in [4.78, 5) is 11.7. The van der Waals surface area contributed by atoms with E-state index < -0.39 is 5.97 Å². The molecule has 0 fully saturated rings. The Morgan fingerprint density at radius 1 is 1.56 bits per heavy atom. The third-order valence-electron chi connectivity index (χ3n) is 2.13. The summed E-state index contributed by atoms with van der Waals surface area (Å²) in [6, 6.07) is 3.86. The Kier molecular flexibility index (Phi) is 4.62. The van der Waals surface area contributed by atoms with Gasteiger partial charge < -0.3 is 9.67 Å². The van der Waals surface area contributed by atoms with Crippen molar-refractivity contribution in [1.29, 1.82) is 0 Å². The van der Waals surface area contributed by atoms with E-state index in [-0.39, 0.29) is 5.75 Å². The van der Waals surface area contributed by atoms with E-state index in [4.69, 9.17) is 16.7 Å². The number of thiophene rings is 1. The molecule has 2 aromatic rings. The molecule has 0 saturated carbocycles. The van der Waals surface area contributed by atoms with Gasteiger partial charge in [0.25, 0.3) is 0 Å². The Bertz CT molecular complexity index is 541. The van der Waals surface area contributed by atoms with Crippen molar-refractivity contribution in [3.8, 4) is 0 Å². The van der Waals surface area contributed by atoms with Gasteiger partial charge in [0.1, 0.15) is 6.33 Å². The van der Waals surface area contributed by atoms with Gasteiger partial charge in [-0.25, -0.2) is 0 Å². The van der Waals surface area contributed by atoms with Crippen molar-refractivity contribution in [3.05, 3.63) is 27.7 Å². The number of nitrogens with zero attached hydrogens (tertiary/aromatic N) is 3. The highest BCUT2D eigenvalue weighted by Crippen LogP contribution is 2.22. The van der Waals surface area contributed by atoms with Crippen molar-refractivity contribution in [2.45, 2.75) is 18.1 Å². The van der Waals surface area contributed by atoms with Crippen LogP contribution in [0.2, 0.25) is 4.34 Å². The van der Waals surface area contributed by atoms with E-state index in [0.29, 0.717) is 11.7 Å². The minimum absolute atomic E-state index is 0.0104. The number of carbonyl (C=O) groups is 1.